The largest absolute Gasteiger partial charge is 0.372 e. The number of hydrogen-bond donors (Lipinski definition) is 2. The van der Waals surface area contributed by atoms with E-state index in [1.807, 2.05) is 6.07 Å². The molecule has 124 valence electrons. The molecule has 5 nitrogen and oxygen atoms in total. The monoisotopic (exact) mass is 307 g/mol. The Morgan fingerprint density at radius 2 is 2.18 bits per heavy atom. The Labute approximate surface area is 133 Å². The third-order valence-corrected chi connectivity index (χ3v) is 4.97. The first-order chi connectivity index (χ1) is 10.4. The third kappa shape index (κ3) is 3.36. The zero-order chi connectivity index (χ0) is 15.8. The van der Waals surface area contributed by atoms with Gasteiger partial charge in [0.15, 0.2) is 0 Å². The van der Waals surface area contributed by atoms with Crippen molar-refractivity contribution in [3.63, 3.8) is 0 Å². The van der Waals surface area contributed by atoms with Crippen molar-refractivity contribution in [2.24, 2.45) is 5.92 Å². The Kier molecular flexibility index (Phi) is 4.32. The molecular formula is C17H29N3O2. The first-order valence-electron chi connectivity index (χ1n) is 8.42. The summed E-state index contributed by atoms with van der Waals surface area (Å²) in [7, 11) is 0. The Morgan fingerprint density at radius 3 is 2.82 bits per heavy atom. The fourth-order valence-electron chi connectivity index (χ4n) is 4.00. The number of rotatable bonds is 4. The summed E-state index contributed by atoms with van der Waals surface area (Å²) in [5, 5.41) is 10.9. The Bertz CT molecular complexity index is 484. The van der Waals surface area contributed by atoms with E-state index in [-0.39, 0.29) is 17.3 Å². The van der Waals surface area contributed by atoms with Crippen molar-refractivity contribution in [1.29, 1.82) is 0 Å². The van der Waals surface area contributed by atoms with E-state index < -0.39 is 0 Å². The summed E-state index contributed by atoms with van der Waals surface area (Å²) in [6.45, 7) is 10.5. The van der Waals surface area contributed by atoms with Crippen LogP contribution in [-0.2, 0) is 9.47 Å². The maximum absolute atomic E-state index is 6.18. The predicted octanol–water partition coefficient (Wildman–Crippen LogP) is 2.81. The highest BCUT2D eigenvalue weighted by molar-refractivity contribution is 5.06. The van der Waals surface area contributed by atoms with E-state index >= 15 is 0 Å². The second kappa shape index (κ2) is 5.95. The van der Waals surface area contributed by atoms with Gasteiger partial charge in [0.05, 0.1) is 16.9 Å². The maximum Gasteiger partial charge on any atom is 0.103 e. The highest BCUT2D eigenvalue weighted by atomic mass is 16.5. The number of aromatic nitrogens is 2. The van der Waals surface area contributed by atoms with Crippen molar-refractivity contribution in [2.45, 2.75) is 70.3 Å². The van der Waals surface area contributed by atoms with Crippen molar-refractivity contribution >= 4 is 0 Å². The van der Waals surface area contributed by atoms with Crippen LogP contribution in [0.5, 0.6) is 0 Å². The van der Waals surface area contributed by atoms with Crippen molar-refractivity contribution in [3.8, 4) is 0 Å². The second-order valence-corrected chi connectivity index (χ2v) is 7.84. The molecule has 1 unspecified atom stereocenters. The molecule has 2 saturated heterocycles. The van der Waals surface area contributed by atoms with Gasteiger partial charge < -0.3 is 14.8 Å². The molecule has 3 rings (SSSR count). The molecule has 0 radical (unpaired) electrons. The fourth-order valence-corrected chi connectivity index (χ4v) is 4.00. The molecule has 2 aliphatic heterocycles. The molecule has 0 aromatic carbocycles. The Morgan fingerprint density at radius 1 is 1.36 bits per heavy atom. The van der Waals surface area contributed by atoms with Crippen molar-refractivity contribution in [3.05, 3.63) is 18.0 Å². The van der Waals surface area contributed by atoms with E-state index in [1.54, 1.807) is 6.20 Å². The number of hydrogen-bond acceptors (Lipinski definition) is 4. The molecule has 0 saturated carbocycles. The Hall–Kier alpha value is -0.910. The first-order valence-corrected chi connectivity index (χ1v) is 8.42. The maximum atomic E-state index is 6.18. The quantitative estimate of drug-likeness (QED) is 0.898. The molecule has 2 aliphatic rings. The summed E-state index contributed by atoms with van der Waals surface area (Å²) in [5.74, 6) is 0.480. The molecule has 5 heteroatoms. The fraction of sp³-hybridized carbons (Fsp3) is 0.824. The number of ether oxygens (including phenoxy) is 2. The highest BCUT2D eigenvalue weighted by Crippen LogP contribution is 2.38. The van der Waals surface area contributed by atoms with Gasteiger partial charge >= 0.3 is 0 Å². The normalized spacial score (nSPS) is 33.9. The highest BCUT2D eigenvalue weighted by Gasteiger charge is 2.46. The van der Waals surface area contributed by atoms with E-state index in [9.17, 15) is 0 Å². The average Bonchev–Trinajstić information content (AvgIpc) is 3.02. The molecule has 22 heavy (non-hydrogen) atoms. The molecule has 1 aromatic heterocycles. The molecule has 0 spiro atoms. The third-order valence-electron chi connectivity index (χ3n) is 4.97. The van der Waals surface area contributed by atoms with Gasteiger partial charge in [-0.1, -0.05) is 0 Å². The van der Waals surface area contributed by atoms with Gasteiger partial charge in [0.25, 0.3) is 0 Å². The van der Waals surface area contributed by atoms with E-state index in [0.29, 0.717) is 12.0 Å². The van der Waals surface area contributed by atoms with Gasteiger partial charge in [-0.15, -0.1) is 0 Å². The number of aromatic amines is 1. The summed E-state index contributed by atoms with van der Waals surface area (Å²) in [6.07, 6.45) is 5.29. The van der Waals surface area contributed by atoms with E-state index in [1.165, 1.54) is 6.42 Å². The molecule has 1 aromatic rings. The molecule has 3 heterocycles. The zero-order valence-electron chi connectivity index (χ0n) is 14.2. The van der Waals surface area contributed by atoms with Gasteiger partial charge in [0.1, 0.15) is 6.10 Å². The Balaban J connectivity index is 1.62. The minimum atomic E-state index is -0.123. The lowest BCUT2D eigenvalue weighted by Crippen LogP contribution is -2.46. The van der Waals surface area contributed by atoms with Crippen LogP contribution in [0.25, 0.3) is 0 Å². The molecule has 0 amide bonds. The smallest absolute Gasteiger partial charge is 0.103 e. The molecule has 0 aliphatic carbocycles. The minimum absolute atomic E-state index is 0.0486. The van der Waals surface area contributed by atoms with Crippen LogP contribution >= 0.6 is 0 Å². The summed E-state index contributed by atoms with van der Waals surface area (Å²) in [4.78, 5) is 0. The summed E-state index contributed by atoms with van der Waals surface area (Å²) in [6, 6.07) is 2.40. The molecular weight excluding hydrogens is 278 g/mol. The number of H-pyrrole nitrogens is 1. The SMILES string of the molecule is CC1(C)CC(NC[C@@H]2CCCO[C@H]2c2ccn[nH]2)C(C)(C)O1. The van der Waals surface area contributed by atoms with Crippen molar-refractivity contribution < 1.29 is 9.47 Å². The van der Waals surface area contributed by atoms with Crippen molar-refractivity contribution in [1.82, 2.24) is 15.5 Å². The van der Waals surface area contributed by atoms with Gasteiger partial charge in [-0.2, -0.15) is 5.10 Å². The number of nitrogens with zero attached hydrogens (tertiary/aromatic N) is 1. The zero-order valence-corrected chi connectivity index (χ0v) is 14.2. The molecule has 2 fully saturated rings. The van der Waals surface area contributed by atoms with E-state index in [2.05, 4.69) is 43.2 Å². The first kappa shape index (κ1) is 16.0. The predicted molar refractivity (Wildman–Crippen MR) is 85.7 cm³/mol. The summed E-state index contributed by atoms with van der Waals surface area (Å²) in [5.41, 5.74) is 0.920. The van der Waals surface area contributed by atoms with Gasteiger partial charge in [-0.05, 0) is 53.0 Å². The van der Waals surface area contributed by atoms with Crippen molar-refractivity contribution in [2.75, 3.05) is 13.2 Å². The van der Waals surface area contributed by atoms with Crippen LogP contribution in [-0.4, -0.2) is 40.6 Å². The molecule has 2 N–H and O–H groups in total. The molecule has 0 bridgehead atoms. The van der Waals surface area contributed by atoms with E-state index in [0.717, 1.165) is 31.7 Å². The van der Waals surface area contributed by atoms with Gasteiger partial charge in [0.2, 0.25) is 0 Å². The lowest BCUT2D eigenvalue weighted by atomic mass is 9.90. The van der Waals surface area contributed by atoms with Crippen LogP contribution in [0.4, 0.5) is 0 Å². The van der Waals surface area contributed by atoms with Crippen LogP contribution < -0.4 is 5.32 Å². The summed E-state index contributed by atoms with van der Waals surface area (Å²) < 4.78 is 12.2. The average molecular weight is 307 g/mol. The standard InChI is InChI=1S/C17H29N3O2/c1-16(2)10-14(17(3,4)22-16)18-11-12-6-5-9-21-15(12)13-7-8-19-20-13/h7-8,12,14-15,18H,5-6,9-11H2,1-4H3,(H,19,20)/t12-,14?,15+/m0/s1. The number of nitrogens with one attached hydrogen (secondary N) is 2. The van der Waals surface area contributed by atoms with E-state index in [4.69, 9.17) is 9.47 Å². The van der Waals surface area contributed by atoms with Gasteiger partial charge in [0, 0.05) is 31.3 Å². The summed E-state index contributed by atoms with van der Waals surface area (Å²) >= 11 is 0. The topological polar surface area (TPSA) is 59.2 Å². The van der Waals surface area contributed by atoms with Crippen LogP contribution in [0.1, 0.15) is 58.8 Å². The second-order valence-electron chi connectivity index (χ2n) is 7.84. The van der Waals surface area contributed by atoms with Gasteiger partial charge in [-0.3, -0.25) is 5.10 Å². The van der Waals surface area contributed by atoms with Crippen LogP contribution in [0, 0.1) is 5.92 Å². The van der Waals surface area contributed by atoms with Gasteiger partial charge in [-0.25, -0.2) is 0 Å². The minimum Gasteiger partial charge on any atom is -0.372 e. The lowest BCUT2D eigenvalue weighted by Gasteiger charge is -2.34. The van der Waals surface area contributed by atoms with Crippen LogP contribution in [0.3, 0.4) is 0 Å². The van der Waals surface area contributed by atoms with Crippen LogP contribution in [0.15, 0.2) is 12.3 Å². The van der Waals surface area contributed by atoms with Crippen LogP contribution in [0.2, 0.25) is 0 Å². The molecule has 3 atom stereocenters. The lowest BCUT2D eigenvalue weighted by molar-refractivity contribution is -0.0715.